The molecule has 1 N–H and O–H groups in total. The first-order valence-electron chi connectivity index (χ1n) is 11.7. The SMILES string of the molecule is Cc1nc(C(=O)N2C3CC3C[C@H]2CNC(=O)c2ccc3ccccc3n2)c(-c2cccc(F)c2)s1. The average Bonchev–Trinajstić information content (AvgIpc) is 3.35. The third-order valence-electron chi connectivity index (χ3n) is 6.80. The predicted molar refractivity (Wildman–Crippen MR) is 133 cm³/mol. The summed E-state index contributed by atoms with van der Waals surface area (Å²) in [5, 5.41) is 4.71. The number of hydrogen-bond donors (Lipinski definition) is 1. The molecule has 0 radical (unpaired) electrons. The quantitative estimate of drug-likeness (QED) is 0.438. The number of carbonyl (C=O) groups is 2. The lowest BCUT2D eigenvalue weighted by atomic mass is 10.1. The Morgan fingerprint density at radius 3 is 2.80 bits per heavy atom. The number of halogens is 1. The van der Waals surface area contributed by atoms with Crippen molar-refractivity contribution in [2.24, 2.45) is 5.92 Å². The van der Waals surface area contributed by atoms with Crippen molar-refractivity contribution in [2.45, 2.75) is 31.8 Å². The van der Waals surface area contributed by atoms with E-state index in [1.807, 2.05) is 42.2 Å². The summed E-state index contributed by atoms with van der Waals surface area (Å²) in [6.07, 6.45) is 1.82. The van der Waals surface area contributed by atoms with Crippen LogP contribution in [0.3, 0.4) is 0 Å². The Labute approximate surface area is 205 Å². The van der Waals surface area contributed by atoms with Crippen molar-refractivity contribution in [3.05, 3.63) is 82.9 Å². The van der Waals surface area contributed by atoms with E-state index in [1.165, 1.54) is 23.5 Å². The number of pyridine rings is 1. The van der Waals surface area contributed by atoms with E-state index in [9.17, 15) is 14.0 Å². The molecule has 1 saturated heterocycles. The van der Waals surface area contributed by atoms with Gasteiger partial charge in [0.15, 0.2) is 0 Å². The first-order chi connectivity index (χ1) is 17.0. The number of piperidine rings is 1. The molecule has 2 aliphatic rings. The molecule has 2 aromatic heterocycles. The van der Waals surface area contributed by atoms with Crippen LogP contribution in [0.1, 0.15) is 38.8 Å². The van der Waals surface area contributed by atoms with Gasteiger partial charge in [0.1, 0.15) is 17.2 Å². The van der Waals surface area contributed by atoms with Gasteiger partial charge in [0.2, 0.25) is 0 Å². The van der Waals surface area contributed by atoms with Crippen LogP contribution in [-0.4, -0.2) is 45.3 Å². The Morgan fingerprint density at radius 1 is 1.09 bits per heavy atom. The van der Waals surface area contributed by atoms with Gasteiger partial charge in [0, 0.05) is 18.0 Å². The molecule has 4 aromatic rings. The van der Waals surface area contributed by atoms with Crippen LogP contribution in [0.15, 0.2) is 60.7 Å². The number of thiazole rings is 1. The van der Waals surface area contributed by atoms with E-state index in [0.29, 0.717) is 34.3 Å². The smallest absolute Gasteiger partial charge is 0.274 e. The predicted octanol–water partition coefficient (Wildman–Crippen LogP) is 4.84. The molecule has 8 heteroatoms. The highest BCUT2D eigenvalue weighted by atomic mass is 32.1. The second kappa shape index (κ2) is 8.53. The van der Waals surface area contributed by atoms with Crippen molar-refractivity contribution in [2.75, 3.05) is 6.54 Å². The molecule has 2 aromatic carbocycles. The number of hydrogen-bond acceptors (Lipinski definition) is 5. The van der Waals surface area contributed by atoms with Crippen LogP contribution in [0, 0.1) is 18.7 Å². The summed E-state index contributed by atoms with van der Waals surface area (Å²) in [7, 11) is 0. The standard InChI is InChI=1S/C27H23FN4O2S/c1-15-30-24(25(35-15)17-6-4-7-19(28)11-17)27(34)32-20(12-18-13-23(18)32)14-29-26(33)22-10-9-16-5-2-3-8-21(16)31-22/h2-11,18,20,23H,12-14H2,1H3,(H,29,33)/t18?,20-,23?/m0/s1. The Kier molecular flexibility index (Phi) is 5.33. The van der Waals surface area contributed by atoms with Gasteiger partial charge < -0.3 is 10.2 Å². The molecule has 3 heterocycles. The van der Waals surface area contributed by atoms with Crippen LogP contribution in [0.5, 0.6) is 0 Å². The summed E-state index contributed by atoms with van der Waals surface area (Å²) < 4.78 is 13.9. The number of aryl methyl sites for hydroxylation is 1. The van der Waals surface area contributed by atoms with Crippen LogP contribution < -0.4 is 5.32 Å². The minimum absolute atomic E-state index is 0.113. The second-order valence-electron chi connectivity index (χ2n) is 9.19. The molecule has 35 heavy (non-hydrogen) atoms. The number of nitrogens with zero attached hydrogens (tertiary/aromatic N) is 3. The summed E-state index contributed by atoms with van der Waals surface area (Å²) in [6.45, 7) is 2.20. The molecule has 1 aliphatic heterocycles. The number of carbonyl (C=O) groups excluding carboxylic acids is 2. The van der Waals surface area contributed by atoms with Crippen LogP contribution in [-0.2, 0) is 0 Å². The summed E-state index contributed by atoms with van der Waals surface area (Å²) in [5.74, 6) is -0.300. The van der Waals surface area contributed by atoms with Gasteiger partial charge in [-0.1, -0.05) is 36.4 Å². The van der Waals surface area contributed by atoms with E-state index in [0.717, 1.165) is 28.8 Å². The Bertz CT molecular complexity index is 1470. The minimum atomic E-state index is -0.349. The molecule has 3 atom stereocenters. The largest absolute Gasteiger partial charge is 0.349 e. The molecule has 6 nitrogen and oxygen atoms in total. The third-order valence-corrected chi connectivity index (χ3v) is 7.82. The van der Waals surface area contributed by atoms with E-state index in [2.05, 4.69) is 15.3 Å². The first-order valence-corrected chi connectivity index (χ1v) is 12.5. The third kappa shape index (κ3) is 4.08. The number of para-hydroxylation sites is 1. The maximum absolute atomic E-state index is 13.9. The monoisotopic (exact) mass is 486 g/mol. The van der Waals surface area contributed by atoms with Gasteiger partial charge in [0.25, 0.3) is 11.8 Å². The molecule has 0 bridgehead atoms. The van der Waals surface area contributed by atoms with Crippen molar-refractivity contribution in [1.82, 2.24) is 20.2 Å². The van der Waals surface area contributed by atoms with Crippen LogP contribution in [0.2, 0.25) is 0 Å². The zero-order valence-electron chi connectivity index (χ0n) is 19.1. The molecular formula is C27H23FN4O2S. The van der Waals surface area contributed by atoms with Crippen molar-refractivity contribution in [3.63, 3.8) is 0 Å². The zero-order chi connectivity index (χ0) is 24.1. The Morgan fingerprint density at radius 2 is 1.94 bits per heavy atom. The normalized spacial score (nSPS) is 20.6. The first kappa shape index (κ1) is 21.9. The molecular weight excluding hydrogens is 463 g/mol. The van der Waals surface area contributed by atoms with Gasteiger partial charge >= 0.3 is 0 Å². The molecule has 1 saturated carbocycles. The van der Waals surface area contributed by atoms with E-state index in [1.54, 1.807) is 18.2 Å². The highest BCUT2D eigenvalue weighted by Gasteiger charge is 2.54. The molecule has 2 fully saturated rings. The lowest BCUT2D eigenvalue weighted by Gasteiger charge is -2.27. The Hall–Kier alpha value is -3.65. The fraction of sp³-hybridized carbons (Fsp3) is 0.259. The van der Waals surface area contributed by atoms with Crippen LogP contribution in [0.25, 0.3) is 21.3 Å². The van der Waals surface area contributed by atoms with Gasteiger partial charge in [0.05, 0.1) is 21.4 Å². The van der Waals surface area contributed by atoms with Crippen molar-refractivity contribution < 1.29 is 14.0 Å². The number of rotatable bonds is 5. The van der Waals surface area contributed by atoms with Gasteiger partial charge in [-0.05, 0) is 55.5 Å². The topological polar surface area (TPSA) is 75.2 Å². The van der Waals surface area contributed by atoms with Crippen molar-refractivity contribution >= 4 is 34.1 Å². The maximum Gasteiger partial charge on any atom is 0.274 e. The summed E-state index contributed by atoms with van der Waals surface area (Å²) in [6, 6.07) is 17.6. The molecule has 0 spiro atoms. The highest BCUT2D eigenvalue weighted by Crippen LogP contribution is 2.48. The summed E-state index contributed by atoms with van der Waals surface area (Å²) in [4.78, 5) is 38.1. The van der Waals surface area contributed by atoms with Crippen LogP contribution in [0.4, 0.5) is 4.39 Å². The number of nitrogens with one attached hydrogen (secondary N) is 1. The number of fused-ring (bicyclic) bond motifs is 2. The van der Waals surface area contributed by atoms with Gasteiger partial charge in [-0.3, -0.25) is 9.59 Å². The number of aromatic nitrogens is 2. The van der Waals surface area contributed by atoms with Crippen molar-refractivity contribution in [1.29, 1.82) is 0 Å². The second-order valence-corrected chi connectivity index (χ2v) is 10.4. The fourth-order valence-electron chi connectivity index (χ4n) is 5.07. The number of benzene rings is 2. The zero-order valence-corrected chi connectivity index (χ0v) is 19.9. The molecule has 2 amide bonds. The van der Waals surface area contributed by atoms with Crippen LogP contribution >= 0.6 is 11.3 Å². The average molecular weight is 487 g/mol. The molecule has 1 aliphatic carbocycles. The maximum atomic E-state index is 13.9. The fourth-order valence-corrected chi connectivity index (χ4v) is 5.98. The van der Waals surface area contributed by atoms with E-state index in [4.69, 9.17) is 0 Å². The van der Waals surface area contributed by atoms with E-state index >= 15 is 0 Å². The van der Waals surface area contributed by atoms with E-state index in [-0.39, 0.29) is 29.7 Å². The van der Waals surface area contributed by atoms with Gasteiger partial charge in [-0.2, -0.15) is 0 Å². The van der Waals surface area contributed by atoms with Gasteiger partial charge in [-0.25, -0.2) is 14.4 Å². The lowest BCUT2D eigenvalue weighted by Crippen LogP contribution is -2.45. The highest BCUT2D eigenvalue weighted by molar-refractivity contribution is 7.15. The molecule has 6 rings (SSSR count). The lowest BCUT2D eigenvalue weighted by molar-refractivity contribution is 0.0684. The van der Waals surface area contributed by atoms with E-state index < -0.39 is 0 Å². The number of likely N-dealkylation sites (tertiary alicyclic amines) is 1. The minimum Gasteiger partial charge on any atom is -0.349 e. The van der Waals surface area contributed by atoms with Crippen molar-refractivity contribution in [3.8, 4) is 10.4 Å². The summed E-state index contributed by atoms with van der Waals surface area (Å²) in [5.41, 5.74) is 2.13. The van der Waals surface area contributed by atoms with Gasteiger partial charge in [-0.15, -0.1) is 11.3 Å². The number of amides is 2. The molecule has 2 unspecified atom stereocenters. The molecule has 176 valence electrons. The Balaban J connectivity index is 1.21. The summed E-state index contributed by atoms with van der Waals surface area (Å²) >= 11 is 1.39.